The molecule has 4 fully saturated rings. The van der Waals surface area contributed by atoms with Crippen molar-refractivity contribution in [2.24, 2.45) is 25.4 Å². The van der Waals surface area contributed by atoms with Crippen molar-refractivity contribution in [1.29, 1.82) is 0 Å². The number of halogens is 1. The molecule has 0 bridgehead atoms. The van der Waals surface area contributed by atoms with Crippen LogP contribution in [-0.2, 0) is 28.5 Å². The van der Waals surface area contributed by atoms with Crippen molar-refractivity contribution in [3.63, 3.8) is 0 Å². The average Bonchev–Trinajstić information content (AvgIpc) is 3.58. The molecule has 0 saturated carbocycles. The Morgan fingerprint density at radius 3 is 2.53 bits per heavy atom. The first-order valence-electron chi connectivity index (χ1n) is 20.6. The van der Waals surface area contributed by atoms with Gasteiger partial charge in [0, 0.05) is 84.1 Å². The van der Waals surface area contributed by atoms with E-state index in [0.29, 0.717) is 57.7 Å². The van der Waals surface area contributed by atoms with E-state index in [1.54, 1.807) is 25.5 Å². The van der Waals surface area contributed by atoms with Crippen LogP contribution in [0.25, 0.3) is 21.9 Å². The third kappa shape index (κ3) is 7.59. The summed E-state index contributed by atoms with van der Waals surface area (Å²) in [6.07, 6.45) is 8.45. The van der Waals surface area contributed by atoms with Gasteiger partial charge in [-0.2, -0.15) is 10.1 Å². The molecular weight excluding hydrogens is 788 g/mol. The third-order valence-electron chi connectivity index (χ3n) is 12.8. The average molecular weight is 837 g/mol. The molecule has 0 aliphatic carbocycles. The van der Waals surface area contributed by atoms with E-state index < -0.39 is 5.92 Å². The molecule has 60 heavy (non-hydrogen) atoms. The van der Waals surface area contributed by atoms with Crippen molar-refractivity contribution >= 4 is 74.4 Å². The topological polar surface area (TPSA) is 185 Å². The van der Waals surface area contributed by atoms with Gasteiger partial charge in [0.25, 0.3) is 11.5 Å². The highest BCUT2D eigenvalue weighted by Gasteiger charge is 2.45. The summed E-state index contributed by atoms with van der Waals surface area (Å²) in [6, 6.07) is 9.67. The molecule has 3 N–H and O–H groups in total. The number of piperidine rings is 3. The first-order chi connectivity index (χ1) is 29.0. The largest absolute Gasteiger partial charge is 0.478 e. The maximum Gasteiger partial charge on any atom is 0.294 e. The summed E-state index contributed by atoms with van der Waals surface area (Å²) in [4.78, 5) is 70.2. The second-order valence-electron chi connectivity index (χ2n) is 16.7. The predicted molar refractivity (Wildman–Crippen MR) is 228 cm³/mol. The summed E-state index contributed by atoms with van der Waals surface area (Å²) in [5.41, 5.74) is 3.97. The van der Waals surface area contributed by atoms with Gasteiger partial charge in [-0.1, -0.05) is 23.7 Å². The van der Waals surface area contributed by atoms with Gasteiger partial charge in [-0.05, 0) is 61.6 Å². The van der Waals surface area contributed by atoms with Gasteiger partial charge in [-0.25, -0.2) is 9.97 Å². The van der Waals surface area contributed by atoms with Crippen LogP contribution in [0.15, 0.2) is 47.5 Å². The Morgan fingerprint density at radius 2 is 1.78 bits per heavy atom. The maximum atomic E-state index is 12.8. The highest BCUT2D eigenvalue weighted by atomic mass is 35.5. The Hall–Kier alpha value is -5.81. The van der Waals surface area contributed by atoms with E-state index >= 15 is 0 Å². The van der Waals surface area contributed by atoms with Gasteiger partial charge in [0.2, 0.25) is 17.8 Å². The van der Waals surface area contributed by atoms with E-state index in [0.717, 1.165) is 93.8 Å². The number of anilines is 4. The van der Waals surface area contributed by atoms with Crippen molar-refractivity contribution in [2.45, 2.75) is 44.4 Å². The van der Waals surface area contributed by atoms with E-state index in [1.807, 2.05) is 23.9 Å². The van der Waals surface area contributed by atoms with Crippen molar-refractivity contribution in [2.75, 3.05) is 74.6 Å². The van der Waals surface area contributed by atoms with E-state index in [2.05, 4.69) is 52.8 Å². The summed E-state index contributed by atoms with van der Waals surface area (Å²) in [7, 11) is 5.06. The number of imide groups is 1. The number of aromatic nitrogens is 6. The Bertz CT molecular complexity index is 2550. The number of nitrogens with one attached hydrogen (secondary N) is 3. The number of amides is 3. The number of pyridine rings is 2. The number of hydrogen-bond acceptors (Lipinski definition) is 13. The Balaban J connectivity index is 0.776. The first kappa shape index (κ1) is 39.6. The zero-order valence-electron chi connectivity index (χ0n) is 34.0. The maximum absolute atomic E-state index is 12.8. The molecule has 18 heteroatoms. The number of para-hydroxylation sites is 1. The minimum atomic E-state index is -0.414. The zero-order chi connectivity index (χ0) is 41.7. The van der Waals surface area contributed by atoms with Gasteiger partial charge in [0.15, 0.2) is 18.2 Å². The summed E-state index contributed by atoms with van der Waals surface area (Å²) in [6.45, 7) is 6.76. The lowest BCUT2D eigenvalue weighted by Gasteiger charge is -2.55. The van der Waals surface area contributed by atoms with Gasteiger partial charge in [0.05, 0.1) is 40.9 Å². The fourth-order valence-electron chi connectivity index (χ4n) is 9.51. The van der Waals surface area contributed by atoms with Crippen LogP contribution in [0, 0.1) is 11.3 Å². The number of likely N-dealkylation sites (tertiary alicyclic amines) is 1. The smallest absolute Gasteiger partial charge is 0.294 e. The van der Waals surface area contributed by atoms with E-state index in [4.69, 9.17) is 26.4 Å². The summed E-state index contributed by atoms with van der Waals surface area (Å²) in [5, 5.41) is 15.0. The highest BCUT2D eigenvalue weighted by molar-refractivity contribution is 6.33. The SMILES string of the molecule is CNC(=O)COc1cc2cc(Nc3nc(N4CCC5(CC4)CN(CC4CCN(c6cccc7c(C8CCC(=O)NC8=O)nn(C)c67)CC4)C5)ncc3Cl)cnc2n(C)c1=O. The van der Waals surface area contributed by atoms with E-state index in [1.165, 1.54) is 11.6 Å². The zero-order valence-corrected chi connectivity index (χ0v) is 34.8. The van der Waals surface area contributed by atoms with E-state index in [-0.39, 0.29) is 35.6 Å². The molecule has 9 rings (SSSR count). The molecule has 1 atom stereocenters. The standard InChI is InChI=1S/C42H49ClN12O5/c1-44-34(57)22-60-32-18-26-17-27(19-45-38(26)51(2)40(32)59)47-37-30(43)20-46-41(49-37)55-15-11-42(12-16-55)23-53(24-42)21-25-9-13-54(14-10-25)31-6-4-5-28-35(50-52(3)36(28)31)29-7-8-33(56)48-39(29)58/h4-6,17-20,25,29H,7-16,21-24H2,1-3H3,(H,44,57)(H,46,47,49)(H,48,56,58). The first-order valence-corrected chi connectivity index (χ1v) is 21.0. The molecular formula is C42H49ClN12O5. The van der Waals surface area contributed by atoms with Gasteiger partial charge in [0.1, 0.15) is 10.7 Å². The number of aryl methyl sites for hydroxylation is 2. The molecule has 4 aliphatic heterocycles. The molecule has 4 aliphatic rings. The van der Waals surface area contributed by atoms with Crippen LogP contribution >= 0.6 is 11.6 Å². The van der Waals surface area contributed by atoms with Crippen LogP contribution in [0.5, 0.6) is 5.75 Å². The monoisotopic (exact) mass is 836 g/mol. The number of rotatable bonds is 10. The molecule has 1 spiro atoms. The molecule has 4 aromatic heterocycles. The third-order valence-corrected chi connectivity index (χ3v) is 13.1. The number of carbonyl (C=O) groups excluding carboxylic acids is 3. The van der Waals surface area contributed by atoms with Gasteiger partial charge in [-0.15, -0.1) is 0 Å². The van der Waals surface area contributed by atoms with Crippen LogP contribution in [0.2, 0.25) is 5.02 Å². The second kappa shape index (κ2) is 16.0. The number of hydrogen-bond donors (Lipinski definition) is 3. The van der Waals surface area contributed by atoms with Gasteiger partial charge >= 0.3 is 0 Å². The fraction of sp³-hybridized carbons (Fsp3) is 0.476. The van der Waals surface area contributed by atoms with Crippen LogP contribution in [-0.4, -0.2) is 111 Å². The molecule has 5 aromatic rings. The molecule has 8 heterocycles. The Morgan fingerprint density at radius 1 is 1.00 bits per heavy atom. The summed E-state index contributed by atoms with van der Waals surface area (Å²) >= 11 is 6.57. The second-order valence-corrected chi connectivity index (χ2v) is 17.1. The Labute approximate surface area is 351 Å². The quantitative estimate of drug-likeness (QED) is 0.174. The highest BCUT2D eigenvalue weighted by Crippen LogP contribution is 2.43. The number of ether oxygens (including phenoxy) is 1. The van der Waals surface area contributed by atoms with E-state index in [9.17, 15) is 19.2 Å². The lowest BCUT2D eigenvalue weighted by Crippen LogP contribution is -2.61. The molecule has 314 valence electrons. The lowest BCUT2D eigenvalue weighted by atomic mass is 9.71. The molecule has 3 amide bonds. The number of likely N-dealkylation sites (N-methyl/N-ethyl adjacent to an activating group) is 1. The van der Waals surface area contributed by atoms with Crippen LogP contribution in [0.3, 0.4) is 0 Å². The number of fused-ring (bicyclic) bond motifs is 2. The van der Waals surface area contributed by atoms with Crippen LogP contribution < -0.4 is 36.0 Å². The molecule has 1 aromatic carbocycles. The lowest BCUT2D eigenvalue weighted by molar-refractivity contribution is -0.134. The Kier molecular flexibility index (Phi) is 10.6. The number of carbonyl (C=O) groups is 3. The molecule has 4 saturated heterocycles. The van der Waals surface area contributed by atoms with Gasteiger partial charge < -0.3 is 30.1 Å². The minimum Gasteiger partial charge on any atom is -0.478 e. The van der Waals surface area contributed by atoms with Crippen molar-refractivity contribution in [3.05, 3.63) is 63.8 Å². The predicted octanol–water partition coefficient (Wildman–Crippen LogP) is 3.47. The van der Waals surface area contributed by atoms with Crippen LogP contribution in [0.4, 0.5) is 23.1 Å². The molecule has 1 unspecified atom stereocenters. The number of benzene rings is 1. The normalized spacial score (nSPS) is 19.8. The van der Waals surface area contributed by atoms with Crippen LogP contribution in [0.1, 0.15) is 50.1 Å². The van der Waals surface area contributed by atoms with Gasteiger partial charge in [-0.3, -0.25) is 33.7 Å². The molecule has 17 nitrogen and oxygen atoms in total. The minimum absolute atomic E-state index is 0.0502. The summed E-state index contributed by atoms with van der Waals surface area (Å²) < 4.78 is 8.78. The summed E-state index contributed by atoms with van der Waals surface area (Å²) in [5.74, 6) is 0.543. The van der Waals surface area contributed by atoms with Crippen molar-refractivity contribution in [3.8, 4) is 5.75 Å². The molecule has 0 radical (unpaired) electrons. The van der Waals surface area contributed by atoms with Crippen molar-refractivity contribution < 1.29 is 19.1 Å². The number of nitrogens with zero attached hydrogens (tertiary/aromatic N) is 9. The fourth-order valence-corrected chi connectivity index (χ4v) is 9.65. The van der Waals surface area contributed by atoms with Crippen molar-refractivity contribution in [1.82, 2.24) is 44.8 Å².